The van der Waals surface area contributed by atoms with Crippen molar-refractivity contribution in [1.82, 2.24) is 10.2 Å². The summed E-state index contributed by atoms with van der Waals surface area (Å²) in [6.45, 7) is 5.97. The van der Waals surface area contributed by atoms with Gasteiger partial charge in [-0.1, -0.05) is 25.0 Å². The molecule has 0 atom stereocenters. The highest BCUT2D eigenvalue weighted by atomic mass is 127. The maximum Gasteiger partial charge on any atom is 0.194 e. The first kappa shape index (κ1) is 19.0. The Morgan fingerprint density at radius 1 is 1.25 bits per heavy atom. The minimum Gasteiger partial charge on any atom is -0.357 e. The van der Waals surface area contributed by atoms with Crippen LogP contribution >= 0.6 is 24.0 Å². The third-order valence-corrected chi connectivity index (χ3v) is 5.23. The quantitative estimate of drug-likeness (QED) is 0.443. The molecule has 0 bridgehead atoms. The molecule has 1 heterocycles. The van der Waals surface area contributed by atoms with Crippen LogP contribution in [0.2, 0.25) is 0 Å². The molecule has 3 rings (SSSR count). The number of hydrogen-bond acceptors (Lipinski definition) is 2. The van der Waals surface area contributed by atoms with E-state index < -0.39 is 0 Å². The predicted molar refractivity (Wildman–Crippen MR) is 108 cm³/mol. The molecule has 0 amide bonds. The van der Waals surface area contributed by atoms with E-state index in [4.69, 9.17) is 10.3 Å². The van der Waals surface area contributed by atoms with E-state index in [0.29, 0.717) is 17.5 Å². The molecule has 4 nitrogen and oxygen atoms in total. The van der Waals surface area contributed by atoms with Gasteiger partial charge in [-0.3, -0.25) is 0 Å². The van der Waals surface area contributed by atoms with Gasteiger partial charge in [-0.05, 0) is 49.3 Å². The summed E-state index contributed by atoms with van der Waals surface area (Å²) >= 11 is 0. The van der Waals surface area contributed by atoms with E-state index in [2.05, 4.69) is 23.2 Å². The lowest BCUT2D eigenvalue weighted by Gasteiger charge is -2.26. The first-order valence-electron chi connectivity index (χ1n) is 8.77. The van der Waals surface area contributed by atoms with Crippen LogP contribution in [0, 0.1) is 16.7 Å². The van der Waals surface area contributed by atoms with Crippen LogP contribution in [0.1, 0.15) is 50.2 Å². The van der Waals surface area contributed by atoms with E-state index >= 15 is 0 Å². The standard InChI is InChI=1S/C19H26N4.HI/c1-2-21-18(22-14-17-7-5-16(13-20)6-8-17)23-12-11-19(15-23)9-3-4-10-19;/h5-8H,2-4,9-12,14-15H2,1H3,(H,21,22);1H. The summed E-state index contributed by atoms with van der Waals surface area (Å²) in [6, 6.07) is 9.87. The van der Waals surface area contributed by atoms with Gasteiger partial charge in [-0.25, -0.2) is 4.99 Å². The molecule has 130 valence electrons. The van der Waals surface area contributed by atoms with Crippen LogP contribution < -0.4 is 5.32 Å². The fraction of sp³-hybridized carbons (Fsp3) is 0.579. The van der Waals surface area contributed by atoms with Gasteiger partial charge >= 0.3 is 0 Å². The molecule has 0 aromatic heterocycles. The number of nitrogens with zero attached hydrogens (tertiary/aromatic N) is 3. The molecule has 0 unspecified atom stereocenters. The van der Waals surface area contributed by atoms with Gasteiger partial charge in [0.15, 0.2) is 5.96 Å². The molecule has 1 saturated heterocycles. The number of guanidine groups is 1. The van der Waals surface area contributed by atoms with Crippen molar-refractivity contribution in [3.8, 4) is 6.07 Å². The zero-order chi connectivity index (χ0) is 16.1. The molecule has 1 aromatic rings. The topological polar surface area (TPSA) is 51.4 Å². The third-order valence-electron chi connectivity index (χ3n) is 5.23. The van der Waals surface area contributed by atoms with Crippen molar-refractivity contribution in [3.05, 3.63) is 35.4 Å². The summed E-state index contributed by atoms with van der Waals surface area (Å²) in [4.78, 5) is 7.27. The number of nitriles is 1. The Morgan fingerprint density at radius 3 is 2.58 bits per heavy atom. The molecule has 5 heteroatoms. The summed E-state index contributed by atoms with van der Waals surface area (Å²) in [6.07, 6.45) is 6.88. The Morgan fingerprint density at radius 2 is 1.96 bits per heavy atom. The lowest BCUT2D eigenvalue weighted by atomic mass is 9.86. The van der Waals surface area contributed by atoms with Crippen LogP contribution in [0.5, 0.6) is 0 Å². The normalized spacial score (nSPS) is 19.2. The summed E-state index contributed by atoms with van der Waals surface area (Å²) in [7, 11) is 0. The largest absolute Gasteiger partial charge is 0.357 e. The van der Waals surface area contributed by atoms with Gasteiger partial charge in [0.05, 0.1) is 18.2 Å². The smallest absolute Gasteiger partial charge is 0.194 e. The lowest BCUT2D eigenvalue weighted by Crippen LogP contribution is -2.41. The van der Waals surface area contributed by atoms with Gasteiger partial charge in [0, 0.05) is 19.6 Å². The number of likely N-dealkylation sites (tertiary alicyclic amines) is 1. The van der Waals surface area contributed by atoms with Crippen molar-refractivity contribution in [2.75, 3.05) is 19.6 Å². The molecule has 1 N–H and O–H groups in total. The Balaban J connectivity index is 0.00000208. The highest BCUT2D eigenvalue weighted by Crippen LogP contribution is 2.45. The Hall–Kier alpha value is -1.29. The maximum atomic E-state index is 8.87. The van der Waals surface area contributed by atoms with Crippen LogP contribution in [0.4, 0.5) is 0 Å². The van der Waals surface area contributed by atoms with Gasteiger partial charge in [0.2, 0.25) is 0 Å². The number of rotatable bonds is 3. The van der Waals surface area contributed by atoms with Gasteiger partial charge in [0.1, 0.15) is 0 Å². The zero-order valence-corrected chi connectivity index (χ0v) is 16.8. The van der Waals surface area contributed by atoms with Crippen LogP contribution in [-0.4, -0.2) is 30.5 Å². The number of aliphatic imine (C=N–C) groups is 1. The first-order chi connectivity index (χ1) is 11.2. The second kappa shape index (κ2) is 8.70. The third kappa shape index (κ3) is 4.41. The molecular weight excluding hydrogens is 411 g/mol. The highest BCUT2D eigenvalue weighted by molar-refractivity contribution is 14.0. The van der Waals surface area contributed by atoms with E-state index in [9.17, 15) is 0 Å². The molecule has 1 aliphatic heterocycles. The van der Waals surface area contributed by atoms with Crippen molar-refractivity contribution in [1.29, 1.82) is 5.26 Å². The molecule has 1 spiro atoms. The van der Waals surface area contributed by atoms with Crippen molar-refractivity contribution in [2.45, 2.75) is 45.6 Å². The van der Waals surface area contributed by atoms with Crippen molar-refractivity contribution < 1.29 is 0 Å². The van der Waals surface area contributed by atoms with Gasteiger partial charge in [-0.2, -0.15) is 5.26 Å². The van der Waals surface area contributed by atoms with Gasteiger partial charge < -0.3 is 10.2 Å². The Bertz CT molecular complexity index is 597. The second-order valence-electron chi connectivity index (χ2n) is 6.86. The summed E-state index contributed by atoms with van der Waals surface area (Å²) in [5, 5.41) is 12.3. The molecule has 2 fully saturated rings. The second-order valence-corrected chi connectivity index (χ2v) is 6.86. The van der Waals surface area contributed by atoms with Crippen molar-refractivity contribution >= 4 is 29.9 Å². The number of benzene rings is 1. The predicted octanol–water partition coefficient (Wildman–Crippen LogP) is 3.91. The maximum absolute atomic E-state index is 8.87. The molecule has 1 aromatic carbocycles. The minimum absolute atomic E-state index is 0. The lowest BCUT2D eigenvalue weighted by molar-refractivity contribution is 0.309. The average molecular weight is 438 g/mol. The average Bonchev–Trinajstić information content (AvgIpc) is 3.22. The number of nitrogens with one attached hydrogen (secondary N) is 1. The number of hydrogen-bond donors (Lipinski definition) is 1. The molecular formula is C19H27IN4. The monoisotopic (exact) mass is 438 g/mol. The van der Waals surface area contributed by atoms with E-state index in [-0.39, 0.29) is 24.0 Å². The van der Waals surface area contributed by atoms with Crippen molar-refractivity contribution in [2.24, 2.45) is 10.4 Å². The van der Waals surface area contributed by atoms with Crippen LogP contribution in [0.25, 0.3) is 0 Å². The summed E-state index contributed by atoms with van der Waals surface area (Å²) in [5.74, 6) is 1.04. The van der Waals surface area contributed by atoms with E-state index in [1.54, 1.807) is 0 Å². The SMILES string of the molecule is CCNC(=NCc1ccc(C#N)cc1)N1CCC2(CCCC2)C1.I. The molecule has 24 heavy (non-hydrogen) atoms. The van der Waals surface area contributed by atoms with E-state index in [1.807, 2.05) is 24.3 Å². The molecule has 1 aliphatic carbocycles. The minimum atomic E-state index is 0. The summed E-state index contributed by atoms with van der Waals surface area (Å²) in [5.41, 5.74) is 2.41. The van der Waals surface area contributed by atoms with E-state index in [0.717, 1.165) is 31.2 Å². The molecule has 2 aliphatic rings. The molecule has 1 saturated carbocycles. The molecule has 0 radical (unpaired) electrons. The fourth-order valence-corrected chi connectivity index (χ4v) is 3.93. The Kier molecular flexibility index (Phi) is 6.90. The highest BCUT2D eigenvalue weighted by Gasteiger charge is 2.41. The summed E-state index contributed by atoms with van der Waals surface area (Å²) < 4.78 is 0. The Labute approximate surface area is 162 Å². The van der Waals surface area contributed by atoms with Gasteiger partial charge in [0.25, 0.3) is 0 Å². The fourth-order valence-electron chi connectivity index (χ4n) is 3.93. The van der Waals surface area contributed by atoms with Crippen LogP contribution in [-0.2, 0) is 6.54 Å². The van der Waals surface area contributed by atoms with E-state index in [1.165, 1.54) is 32.1 Å². The first-order valence-corrected chi connectivity index (χ1v) is 8.77. The zero-order valence-electron chi connectivity index (χ0n) is 14.4. The van der Waals surface area contributed by atoms with Gasteiger partial charge in [-0.15, -0.1) is 24.0 Å². The van der Waals surface area contributed by atoms with Crippen LogP contribution in [0.3, 0.4) is 0 Å². The van der Waals surface area contributed by atoms with Crippen molar-refractivity contribution in [3.63, 3.8) is 0 Å². The number of halogens is 1. The van der Waals surface area contributed by atoms with Crippen LogP contribution in [0.15, 0.2) is 29.3 Å².